The number of aromatic nitrogens is 2. The number of amides is 1. The first-order valence-electron chi connectivity index (χ1n) is 9.72. The van der Waals surface area contributed by atoms with Crippen molar-refractivity contribution in [3.8, 4) is 11.4 Å². The van der Waals surface area contributed by atoms with E-state index in [2.05, 4.69) is 15.3 Å². The van der Waals surface area contributed by atoms with E-state index in [-0.39, 0.29) is 10.5 Å². The van der Waals surface area contributed by atoms with Crippen molar-refractivity contribution in [2.75, 3.05) is 11.9 Å². The zero-order chi connectivity index (χ0) is 23.4. The summed E-state index contributed by atoms with van der Waals surface area (Å²) in [4.78, 5) is 33.8. The largest absolute Gasteiger partial charge is 0.452 e. The number of esters is 1. The molecule has 0 aliphatic rings. The third kappa shape index (κ3) is 5.20. The van der Waals surface area contributed by atoms with E-state index in [1.54, 1.807) is 48.7 Å². The summed E-state index contributed by atoms with van der Waals surface area (Å²) in [7, 11) is -3.83. The predicted molar refractivity (Wildman–Crippen MR) is 122 cm³/mol. The number of benzene rings is 2. The van der Waals surface area contributed by atoms with Crippen molar-refractivity contribution < 1.29 is 22.7 Å². The SMILES string of the molecule is NS(=O)(=O)c1ccc(NC(=O)COC(=O)c2cc(-c3ccccn3)nc3ccccc23)cc1. The highest BCUT2D eigenvalue weighted by Crippen LogP contribution is 2.24. The second kappa shape index (κ2) is 9.15. The summed E-state index contributed by atoms with van der Waals surface area (Å²) >= 11 is 0. The summed E-state index contributed by atoms with van der Waals surface area (Å²) in [5.74, 6) is -1.28. The number of hydrogen-bond donors (Lipinski definition) is 2. The molecular weight excluding hydrogens is 444 g/mol. The van der Waals surface area contributed by atoms with Gasteiger partial charge in [-0.1, -0.05) is 24.3 Å². The minimum absolute atomic E-state index is 0.0831. The van der Waals surface area contributed by atoms with Gasteiger partial charge in [0.2, 0.25) is 10.0 Å². The highest BCUT2D eigenvalue weighted by molar-refractivity contribution is 7.89. The van der Waals surface area contributed by atoms with Crippen LogP contribution in [0, 0.1) is 0 Å². The van der Waals surface area contributed by atoms with Crippen molar-refractivity contribution in [2.24, 2.45) is 5.14 Å². The van der Waals surface area contributed by atoms with E-state index < -0.39 is 28.5 Å². The Morgan fingerprint density at radius 1 is 0.939 bits per heavy atom. The topological polar surface area (TPSA) is 141 Å². The monoisotopic (exact) mass is 462 g/mol. The van der Waals surface area contributed by atoms with Gasteiger partial charge in [-0.15, -0.1) is 0 Å². The fourth-order valence-corrected chi connectivity index (χ4v) is 3.64. The van der Waals surface area contributed by atoms with Gasteiger partial charge in [0, 0.05) is 17.3 Å². The van der Waals surface area contributed by atoms with Gasteiger partial charge in [-0.05, 0) is 48.5 Å². The molecule has 0 radical (unpaired) electrons. The second-order valence-electron chi connectivity index (χ2n) is 6.98. The van der Waals surface area contributed by atoms with Gasteiger partial charge in [0.15, 0.2) is 6.61 Å². The number of pyridine rings is 2. The normalized spacial score (nSPS) is 11.2. The van der Waals surface area contributed by atoms with Gasteiger partial charge in [-0.25, -0.2) is 23.3 Å². The number of carbonyl (C=O) groups is 2. The van der Waals surface area contributed by atoms with Gasteiger partial charge in [0.25, 0.3) is 5.91 Å². The van der Waals surface area contributed by atoms with Gasteiger partial charge in [-0.2, -0.15) is 0 Å². The number of carbonyl (C=O) groups excluding carboxylic acids is 2. The number of primary sulfonamides is 1. The molecule has 0 aliphatic heterocycles. The molecule has 9 nitrogen and oxygen atoms in total. The van der Waals surface area contributed by atoms with E-state index in [4.69, 9.17) is 9.88 Å². The molecule has 4 aromatic rings. The fourth-order valence-electron chi connectivity index (χ4n) is 3.12. The molecule has 0 unspecified atom stereocenters. The average Bonchev–Trinajstić information content (AvgIpc) is 2.82. The Balaban J connectivity index is 1.50. The van der Waals surface area contributed by atoms with Gasteiger partial charge < -0.3 is 10.1 Å². The average molecular weight is 462 g/mol. The summed E-state index contributed by atoms with van der Waals surface area (Å²) in [6, 6.07) is 19.4. The van der Waals surface area contributed by atoms with Crippen LogP contribution in [0.2, 0.25) is 0 Å². The predicted octanol–water partition coefficient (Wildman–Crippen LogP) is 2.74. The first-order valence-corrected chi connectivity index (χ1v) is 11.3. The second-order valence-corrected chi connectivity index (χ2v) is 8.54. The van der Waals surface area contributed by atoms with Crippen LogP contribution in [0.4, 0.5) is 5.69 Å². The minimum Gasteiger partial charge on any atom is -0.452 e. The Bertz CT molecular complexity index is 1440. The van der Waals surface area contributed by atoms with E-state index in [9.17, 15) is 18.0 Å². The smallest absolute Gasteiger partial charge is 0.339 e. The Hall–Kier alpha value is -4.15. The van der Waals surface area contributed by atoms with E-state index >= 15 is 0 Å². The Kier molecular flexibility index (Phi) is 6.11. The molecule has 0 saturated heterocycles. The molecule has 0 fully saturated rings. The van der Waals surface area contributed by atoms with Gasteiger partial charge in [0.05, 0.1) is 27.4 Å². The molecular formula is C23H18N4O5S. The minimum atomic E-state index is -3.83. The van der Waals surface area contributed by atoms with E-state index in [0.29, 0.717) is 28.0 Å². The van der Waals surface area contributed by atoms with Crippen molar-refractivity contribution in [3.05, 3.63) is 84.6 Å². The summed E-state index contributed by atoms with van der Waals surface area (Å²) < 4.78 is 27.8. The lowest BCUT2D eigenvalue weighted by Crippen LogP contribution is -2.21. The molecule has 33 heavy (non-hydrogen) atoms. The first-order chi connectivity index (χ1) is 15.8. The first kappa shape index (κ1) is 22.1. The Morgan fingerprint density at radius 2 is 1.67 bits per heavy atom. The molecule has 0 aliphatic carbocycles. The lowest BCUT2D eigenvalue weighted by atomic mass is 10.1. The maximum atomic E-state index is 12.8. The lowest BCUT2D eigenvalue weighted by Gasteiger charge is -2.10. The molecule has 2 aromatic heterocycles. The van der Waals surface area contributed by atoms with Gasteiger partial charge in [-0.3, -0.25) is 9.78 Å². The third-order valence-electron chi connectivity index (χ3n) is 4.66. The molecule has 0 bridgehead atoms. The van der Waals surface area contributed by atoms with Crippen molar-refractivity contribution in [1.82, 2.24) is 9.97 Å². The third-order valence-corrected chi connectivity index (χ3v) is 5.59. The summed E-state index contributed by atoms with van der Waals surface area (Å²) in [6.07, 6.45) is 1.63. The fraction of sp³-hybridized carbons (Fsp3) is 0.0435. The van der Waals surface area contributed by atoms with Crippen LogP contribution in [0.3, 0.4) is 0 Å². The highest BCUT2D eigenvalue weighted by atomic mass is 32.2. The highest BCUT2D eigenvalue weighted by Gasteiger charge is 2.17. The molecule has 10 heteroatoms. The number of sulfonamides is 1. The summed E-state index contributed by atoms with van der Waals surface area (Å²) in [6.45, 7) is -0.536. The maximum absolute atomic E-state index is 12.8. The van der Waals surface area contributed by atoms with Crippen LogP contribution in [-0.2, 0) is 19.6 Å². The van der Waals surface area contributed by atoms with E-state index in [0.717, 1.165) is 0 Å². The molecule has 4 rings (SSSR count). The maximum Gasteiger partial charge on any atom is 0.339 e. The zero-order valence-corrected chi connectivity index (χ0v) is 18.0. The molecule has 2 aromatic carbocycles. The van der Waals surface area contributed by atoms with Crippen molar-refractivity contribution in [1.29, 1.82) is 0 Å². The van der Waals surface area contributed by atoms with Crippen LogP contribution in [-0.4, -0.2) is 36.9 Å². The number of nitrogens with zero attached hydrogens (tertiary/aromatic N) is 2. The number of fused-ring (bicyclic) bond motifs is 1. The molecule has 0 spiro atoms. The zero-order valence-electron chi connectivity index (χ0n) is 17.1. The van der Waals surface area contributed by atoms with Crippen LogP contribution >= 0.6 is 0 Å². The standard InChI is InChI=1S/C23H18N4O5S/c24-33(30,31)16-10-8-15(9-11-16)26-22(28)14-32-23(29)18-13-21(20-7-3-4-12-25-20)27-19-6-2-1-5-17(18)19/h1-13H,14H2,(H,26,28)(H2,24,30,31). The Labute approximate surface area is 189 Å². The Morgan fingerprint density at radius 3 is 2.36 bits per heavy atom. The van der Waals surface area contributed by atoms with Crippen molar-refractivity contribution in [3.63, 3.8) is 0 Å². The van der Waals surface area contributed by atoms with Crippen LogP contribution in [0.25, 0.3) is 22.3 Å². The number of anilines is 1. The number of nitrogens with one attached hydrogen (secondary N) is 1. The quantitative estimate of drug-likeness (QED) is 0.420. The van der Waals surface area contributed by atoms with Gasteiger partial charge >= 0.3 is 5.97 Å². The molecule has 0 saturated carbocycles. The molecule has 2 heterocycles. The van der Waals surface area contributed by atoms with Crippen LogP contribution in [0.5, 0.6) is 0 Å². The summed E-state index contributed by atoms with van der Waals surface area (Å²) in [5, 5.41) is 8.16. The number of hydrogen-bond acceptors (Lipinski definition) is 7. The van der Waals surface area contributed by atoms with Crippen molar-refractivity contribution >= 4 is 38.5 Å². The summed E-state index contributed by atoms with van der Waals surface area (Å²) in [5.41, 5.74) is 2.27. The molecule has 1 amide bonds. The van der Waals surface area contributed by atoms with Crippen LogP contribution < -0.4 is 10.5 Å². The number of rotatable bonds is 6. The molecule has 166 valence electrons. The van der Waals surface area contributed by atoms with E-state index in [1.807, 2.05) is 6.07 Å². The lowest BCUT2D eigenvalue weighted by molar-refractivity contribution is -0.119. The number of nitrogens with two attached hydrogens (primary N) is 1. The van der Waals surface area contributed by atoms with Crippen molar-refractivity contribution in [2.45, 2.75) is 4.90 Å². The van der Waals surface area contributed by atoms with Crippen LogP contribution in [0.15, 0.2) is 83.9 Å². The number of para-hydroxylation sites is 1. The van der Waals surface area contributed by atoms with Crippen LogP contribution in [0.1, 0.15) is 10.4 Å². The van der Waals surface area contributed by atoms with E-state index in [1.165, 1.54) is 24.3 Å². The molecule has 0 atom stereocenters. The van der Waals surface area contributed by atoms with Gasteiger partial charge in [0.1, 0.15) is 0 Å². The molecule has 3 N–H and O–H groups in total. The number of ether oxygens (including phenoxy) is 1.